The normalized spacial score (nSPS) is 21.5. The lowest BCUT2D eigenvalue weighted by Crippen LogP contribution is -2.50. The summed E-state index contributed by atoms with van der Waals surface area (Å²) in [5, 5.41) is 0. The number of carbonyl (C=O) groups excluding carboxylic acids is 2. The lowest BCUT2D eigenvalue weighted by atomic mass is 9.93. The summed E-state index contributed by atoms with van der Waals surface area (Å²) in [6, 6.07) is 1.38. The molecule has 1 unspecified atom stereocenters. The highest BCUT2D eigenvalue weighted by Crippen LogP contribution is 2.28. The molecule has 1 atom stereocenters. The van der Waals surface area contributed by atoms with E-state index in [1.807, 2.05) is 0 Å². The molecule has 2 aliphatic rings. The third-order valence-corrected chi connectivity index (χ3v) is 7.22. The number of esters is 1. The van der Waals surface area contributed by atoms with Gasteiger partial charge in [-0.3, -0.25) is 9.59 Å². The summed E-state index contributed by atoms with van der Waals surface area (Å²) in [5.74, 6) is -0.384. The molecule has 2 heterocycles. The Labute approximate surface area is 171 Å². The van der Waals surface area contributed by atoms with E-state index in [1.165, 1.54) is 4.90 Å². The molecule has 160 valence electrons. The number of hydrogen-bond acceptors (Lipinski definition) is 8. The minimum atomic E-state index is -3.11. The molecular formula is C19H28N4O5S. The maximum atomic E-state index is 12.9. The smallest absolute Gasteiger partial charge is 0.326 e. The van der Waals surface area contributed by atoms with Crippen LogP contribution in [0.5, 0.6) is 0 Å². The van der Waals surface area contributed by atoms with E-state index in [1.54, 1.807) is 30.4 Å². The Kier molecular flexibility index (Phi) is 7.05. The molecule has 10 heteroatoms. The molecule has 9 nitrogen and oxygen atoms in total. The number of likely N-dealkylation sites (N-methyl/N-ethyl adjacent to an activating group) is 1. The van der Waals surface area contributed by atoms with Gasteiger partial charge in [0.25, 0.3) is 5.91 Å². The number of aromatic nitrogens is 2. The molecule has 29 heavy (non-hydrogen) atoms. The zero-order valence-corrected chi connectivity index (χ0v) is 17.5. The molecule has 1 aliphatic carbocycles. The minimum absolute atomic E-state index is 0.00271. The van der Waals surface area contributed by atoms with Crippen molar-refractivity contribution >= 4 is 27.7 Å². The van der Waals surface area contributed by atoms with Crippen molar-refractivity contribution in [2.24, 2.45) is 0 Å². The molecular weight excluding hydrogens is 396 g/mol. The predicted octanol–water partition coefficient (Wildman–Crippen LogP) is 0.804. The van der Waals surface area contributed by atoms with Crippen LogP contribution in [0.4, 0.5) is 5.95 Å². The second-order valence-electron chi connectivity index (χ2n) is 7.72. The number of anilines is 1. The predicted molar refractivity (Wildman–Crippen MR) is 107 cm³/mol. The summed E-state index contributed by atoms with van der Waals surface area (Å²) in [7, 11) is -1.45. The topological polar surface area (TPSA) is 110 Å². The maximum Gasteiger partial charge on any atom is 0.326 e. The van der Waals surface area contributed by atoms with E-state index >= 15 is 0 Å². The van der Waals surface area contributed by atoms with Crippen LogP contribution in [-0.4, -0.2) is 79.0 Å². The molecule has 1 saturated carbocycles. The summed E-state index contributed by atoms with van der Waals surface area (Å²) in [5.41, 5.74) is 0. The van der Waals surface area contributed by atoms with Gasteiger partial charge < -0.3 is 14.5 Å². The largest absolute Gasteiger partial charge is 0.454 e. The first-order valence-corrected chi connectivity index (χ1v) is 11.8. The van der Waals surface area contributed by atoms with E-state index in [4.69, 9.17) is 4.74 Å². The minimum Gasteiger partial charge on any atom is -0.454 e. The Balaban J connectivity index is 1.58. The van der Waals surface area contributed by atoms with Crippen molar-refractivity contribution in [3.05, 3.63) is 18.5 Å². The summed E-state index contributed by atoms with van der Waals surface area (Å²) < 4.78 is 29.1. The van der Waals surface area contributed by atoms with Crippen LogP contribution in [0.15, 0.2) is 18.5 Å². The molecule has 1 aliphatic heterocycles. The molecule has 3 rings (SSSR count). The zero-order chi connectivity index (χ0) is 20.9. The molecule has 2 fully saturated rings. The lowest BCUT2D eigenvalue weighted by Gasteiger charge is -2.38. The Morgan fingerprint density at radius 2 is 1.79 bits per heavy atom. The van der Waals surface area contributed by atoms with Gasteiger partial charge in [0, 0.05) is 31.5 Å². The van der Waals surface area contributed by atoms with Gasteiger partial charge in [0.15, 0.2) is 16.4 Å². The molecule has 1 saturated heterocycles. The van der Waals surface area contributed by atoms with Gasteiger partial charge in [-0.1, -0.05) is 19.3 Å². The highest BCUT2D eigenvalue weighted by molar-refractivity contribution is 7.91. The zero-order valence-electron chi connectivity index (χ0n) is 16.7. The van der Waals surface area contributed by atoms with Crippen LogP contribution in [0.25, 0.3) is 0 Å². The van der Waals surface area contributed by atoms with Gasteiger partial charge in [0.1, 0.15) is 6.54 Å². The van der Waals surface area contributed by atoms with Crippen molar-refractivity contribution in [1.29, 1.82) is 0 Å². The van der Waals surface area contributed by atoms with E-state index in [0.717, 1.165) is 32.1 Å². The number of nitrogens with zero attached hydrogens (tertiary/aromatic N) is 4. The summed E-state index contributed by atoms with van der Waals surface area (Å²) >= 11 is 0. The van der Waals surface area contributed by atoms with Crippen LogP contribution in [0.2, 0.25) is 0 Å². The molecule has 1 amide bonds. The van der Waals surface area contributed by atoms with Crippen molar-refractivity contribution in [2.45, 2.75) is 50.6 Å². The fraction of sp³-hybridized carbons (Fsp3) is 0.684. The molecule has 1 aromatic heterocycles. The van der Waals surface area contributed by atoms with Crippen molar-refractivity contribution in [3.8, 4) is 0 Å². The van der Waals surface area contributed by atoms with Gasteiger partial charge in [-0.05, 0) is 25.3 Å². The third-order valence-electron chi connectivity index (χ3n) is 5.47. The van der Waals surface area contributed by atoms with Crippen molar-refractivity contribution in [2.75, 3.05) is 36.6 Å². The fourth-order valence-electron chi connectivity index (χ4n) is 4.07. The summed E-state index contributed by atoms with van der Waals surface area (Å²) in [4.78, 5) is 36.4. The average molecular weight is 425 g/mol. The monoisotopic (exact) mass is 424 g/mol. The molecule has 0 radical (unpaired) electrons. The molecule has 0 bridgehead atoms. The Morgan fingerprint density at radius 3 is 2.41 bits per heavy atom. The molecule has 0 spiro atoms. The third kappa shape index (κ3) is 5.88. The van der Waals surface area contributed by atoms with E-state index in [-0.39, 0.29) is 42.6 Å². The highest BCUT2D eigenvalue weighted by atomic mass is 32.2. The molecule has 1 aromatic rings. The number of rotatable bonds is 7. The maximum absolute atomic E-state index is 12.9. The number of amides is 1. The van der Waals surface area contributed by atoms with Crippen LogP contribution in [0.1, 0.15) is 38.5 Å². The summed E-state index contributed by atoms with van der Waals surface area (Å²) in [6.07, 6.45) is 8.51. The highest BCUT2D eigenvalue weighted by Gasteiger charge is 2.38. The standard InChI is InChI=1S/C19H28N4O5S/c1-22(19-20-9-5-10-21-19)12-18(25)28-13-17(24)23(15-6-3-2-4-7-15)16-8-11-29(26,27)14-16/h5,9-10,15-16H,2-4,6-8,11-14H2,1H3. The van der Waals surface area contributed by atoms with E-state index < -0.39 is 15.8 Å². The van der Waals surface area contributed by atoms with Gasteiger partial charge in [-0.2, -0.15) is 0 Å². The molecule has 0 aromatic carbocycles. The first-order chi connectivity index (χ1) is 13.9. The van der Waals surface area contributed by atoms with Gasteiger partial charge in [0.05, 0.1) is 11.5 Å². The van der Waals surface area contributed by atoms with Gasteiger partial charge in [-0.15, -0.1) is 0 Å². The first-order valence-electron chi connectivity index (χ1n) is 10.0. The fourth-order valence-corrected chi connectivity index (χ4v) is 5.79. The second kappa shape index (κ2) is 9.51. The Morgan fingerprint density at radius 1 is 1.10 bits per heavy atom. The molecule has 0 N–H and O–H groups in total. The van der Waals surface area contributed by atoms with Crippen molar-refractivity contribution in [1.82, 2.24) is 14.9 Å². The number of carbonyl (C=O) groups is 2. The number of ether oxygens (including phenoxy) is 1. The van der Waals surface area contributed by atoms with E-state index in [9.17, 15) is 18.0 Å². The quantitative estimate of drug-likeness (QED) is 0.591. The van der Waals surface area contributed by atoms with Crippen molar-refractivity contribution in [3.63, 3.8) is 0 Å². The number of hydrogen-bond donors (Lipinski definition) is 0. The first kappa shape index (κ1) is 21.5. The number of sulfone groups is 1. The van der Waals surface area contributed by atoms with Gasteiger partial charge in [0.2, 0.25) is 5.95 Å². The van der Waals surface area contributed by atoms with E-state index in [0.29, 0.717) is 12.4 Å². The van der Waals surface area contributed by atoms with Gasteiger partial charge >= 0.3 is 5.97 Å². The van der Waals surface area contributed by atoms with Crippen LogP contribution in [0.3, 0.4) is 0 Å². The summed E-state index contributed by atoms with van der Waals surface area (Å²) in [6.45, 7) is -0.464. The lowest BCUT2D eigenvalue weighted by molar-refractivity contribution is -0.153. The SMILES string of the molecule is CN(CC(=O)OCC(=O)N(C1CCCCC1)C1CCS(=O)(=O)C1)c1ncccn1. The second-order valence-corrected chi connectivity index (χ2v) is 9.94. The van der Waals surface area contributed by atoms with Crippen LogP contribution in [-0.2, 0) is 24.2 Å². The average Bonchev–Trinajstić information content (AvgIpc) is 3.07. The Hall–Kier alpha value is -2.23. The Bertz CT molecular complexity index is 811. The van der Waals surface area contributed by atoms with Crippen LogP contribution < -0.4 is 4.90 Å². The van der Waals surface area contributed by atoms with Gasteiger partial charge in [-0.25, -0.2) is 18.4 Å². The van der Waals surface area contributed by atoms with Crippen LogP contribution in [0, 0.1) is 0 Å². The van der Waals surface area contributed by atoms with Crippen molar-refractivity contribution < 1.29 is 22.7 Å². The van der Waals surface area contributed by atoms with Crippen LogP contribution >= 0.6 is 0 Å². The van der Waals surface area contributed by atoms with E-state index in [2.05, 4.69) is 9.97 Å².